The summed E-state index contributed by atoms with van der Waals surface area (Å²) in [6.45, 7) is 8.16. The maximum absolute atomic E-state index is 4.37. The van der Waals surface area contributed by atoms with E-state index in [2.05, 4.69) is 28.7 Å². The molecule has 0 aromatic carbocycles. The molecule has 66 valence electrons. The van der Waals surface area contributed by atoms with E-state index in [4.69, 9.17) is 0 Å². The Kier molecular flexibility index (Phi) is 1.79. The summed E-state index contributed by atoms with van der Waals surface area (Å²) in [6.07, 6.45) is 3.02. The minimum atomic E-state index is 0.454. The standard InChI is InChI=1S/C9H15N3/c1-7(2)12-4-3-8-9(5-12)11-6-10-8/h6,8-9H,1,3-5H2,2H3,(H,10,11). The highest BCUT2D eigenvalue weighted by Crippen LogP contribution is 2.18. The second kappa shape index (κ2) is 2.81. The zero-order chi connectivity index (χ0) is 8.55. The van der Waals surface area contributed by atoms with Gasteiger partial charge in [-0.15, -0.1) is 0 Å². The van der Waals surface area contributed by atoms with Crippen molar-refractivity contribution in [2.75, 3.05) is 13.1 Å². The van der Waals surface area contributed by atoms with E-state index >= 15 is 0 Å². The first-order chi connectivity index (χ1) is 5.77. The van der Waals surface area contributed by atoms with Gasteiger partial charge in [0.25, 0.3) is 0 Å². The van der Waals surface area contributed by atoms with Gasteiger partial charge < -0.3 is 10.2 Å². The van der Waals surface area contributed by atoms with Gasteiger partial charge in [-0.25, -0.2) is 0 Å². The fourth-order valence-electron chi connectivity index (χ4n) is 1.86. The molecule has 0 aromatic heterocycles. The third kappa shape index (κ3) is 1.19. The molecule has 0 aliphatic carbocycles. The van der Waals surface area contributed by atoms with Crippen LogP contribution < -0.4 is 5.32 Å². The van der Waals surface area contributed by atoms with Crippen LogP contribution in [0.4, 0.5) is 0 Å². The molecule has 3 nitrogen and oxygen atoms in total. The van der Waals surface area contributed by atoms with Crippen LogP contribution in [0, 0.1) is 0 Å². The van der Waals surface area contributed by atoms with Crippen LogP contribution in [0.5, 0.6) is 0 Å². The number of rotatable bonds is 1. The molecule has 2 heterocycles. The van der Waals surface area contributed by atoms with Crippen LogP contribution in [-0.4, -0.2) is 36.4 Å². The molecule has 0 radical (unpaired) electrons. The summed E-state index contributed by atoms with van der Waals surface area (Å²) in [5, 5.41) is 3.27. The number of allylic oxidation sites excluding steroid dienone is 1. The molecule has 2 aliphatic rings. The number of piperidine rings is 1. The number of nitrogens with zero attached hydrogens (tertiary/aromatic N) is 2. The average molecular weight is 165 g/mol. The van der Waals surface area contributed by atoms with Crippen molar-refractivity contribution in [3.63, 3.8) is 0 Å². The van der Waals surface area contributed by atoms with Crippen LogP contribution in [-0.2, 0) is 0 Å². The number of likely N-dealkylation sites (tertiary alicyclic amines) is 1. The molecule has 0 bridgehead atoms. The van der Waals surface area contributed by atoms with Crippen LogP contribution in [0.1, 0.15) is 13.3 Å². The molecule has 2 unspecified atom stereocenters. The van der Waals surface area contributed by atoms with Crippen molar-refractivity contribution in [2.24, 2.45) is 4.99 Å². The highest BCUT2D eigenvalue weighted by atomic mass is 15.2. The van der Waals surface area contributed by atoms with Gasteiger partial charge in [-0.3, -0.25) is 4.99 Å². The lowest BCUT2D eigenvalue weighted by Gasteiger charge is -2.35. The second-order valence-electron chi connectivity index (χ2n) is 3.59. The minimum Gasteiger partial charge on any atom is -0.373 e. The number of nitrogens with one attached hydrogen (secondary N) is 1. The maximum Gasteiger partial charge on any atom is 0.0893 e. The molecule has 1 fully saturated rings. The molecule has 12 heavy (non-hydrogen) atoms. The van der Waals surface area contributed by atoms with Gasteiger partial charge in [-0.1, -0.05) is 6.58 Å². The molecule has 2 atom stereocenters. The fraction of sp³-hybridized carbons (Fsp3) is 0.667. The summed E-state index contributed by atoms with van der Waals surface area (Å²) in [7, 11) is 0. The van der Waals surface area contributed by atoms with E-state index in [1.807, 2.05) is 6.34 Å². The molecule has 0 saturated carbocycles. The monoisotopic (exact) mass is 165 g/mol. The first-order valence-corrected chi connectivity index (χ1v) is 4.45. The molecule has 2 aliphatic heterocycles. The Morgan fingerprint density at radius 3 is 3.33 bits per heavy atom. The molecular formula is C9H15N3. The van der Waals surface area contributed by atoms with Gasteiger partial charge in [-0.2, -0.15) is 0 Å². The van der Waals surface area contributed by atoms with E-state index in [0.717, 1.165) is 18.8 Å². The smallest absolute Gasteiger partial charge is 0.0893 e. The highest BCUT2D eigenvalue weighted by molar-refractivity contribution is 5.58. The van der Waals surface area contributed by atoms with Crippen LogP contribution in [0.2, 0.25) is 0 Å². The average Bonchev–Trinajstić information content (AvgIpc) is 2.49. The number of fused-ring (bicyclic) bond motifs is 1. The maximum atomic E-state index is 4.37. The summed E-state index contributed by atoms with van der Waals surface area (Å²) in [5.41, 5.74) is 1.16. The summed E-state index contributed by atoms with van der Waals surface area (Å²) in [5.74, 6) is 0. The molecule has 1 saturated heterocycles. The van der Waals surface area contributed by atoms with Crippen molar-refractivity contribution in [1.82, 2.24) is 10.2 Å². The predicted molar refractivity (Wildman–Crippen MR) is 50.2 cm³/mol. The van der Waals surface area contributed by atoms with Gasteiger partial charge in [0, 0.05) is 18.8 Å². The first kappa shape index (κ1) is 7.65. The van der Waals surface area contributed by atoms with E-state index in [1.54, 1.807) is 0 Å². The highest BCUT2D eigenvalue weighted by Gasteiger charge is 2.30. The molecule has 0 amide bonds. The van der Waals surface area contributed by atoms with Gasteiger partial charge in [0.05, 0.1) is 18.4 Å². The van der Waals surface area contributed by atoms with Gasteiger partial charge in [-0.05, 0) is 13.3 Å². The summed E-state index contributed by atoms with van der Waals surface area (Å²) >= 11 is 0. The largest absolute Gasteiger partial charge is 0.373 e. The number of hydrogen-bond acceptors (Lipinski definition) is 3. The Labute approximate surface area is 73.2 Å². The Morgan fingerprint density at radius 2 is 2.58 bits per heavy atom. The Bertz CT molecular complexity index is 222. The van der Waals surface area contributed by atoms with Gasteiger partial charge in [0.2, 0.25) is 0 Å². The van der Waals surface area contributed by atoms with Crippen LogP contribution in [0.25, 0.3) is 0 Å². The van der Waals surface area contributed by atoms with Crippen LogP contribution in [0.3, 0.4) is 0 Å². The molecule has 1 N–H and O–H groups in total. The lowest BCUT2D eigenvalue weighted by atomic mass is 10.0. The second-order valence-corrected chi connectivity index (χ2v) is 3.59. The van der Waals surface area contributed by atoms with E-state index in [9.17, 15) is 0 Å². The van der Waals surface area contributed by atoms with Crippen LogP contribution >= 0.6 is 0 Å². The van der Waals surface area contributed by atoms with Crippen molar-refractivity contribution >= 4 is 6.34 Å². The third-order valence-corrected chi connectivity index (χ3v) is 2.68. The first-order valence-electron chi connectivity index (χ1n) is 4.45. The Balaban J connectivity index is 2.00. The molecule has 3 heteroatoms. The van der Waals surface area contributed by atoms with Crippen molar-refractivity contribution < 1.29 is 0 Å². The molecule has 0 spiro atoms. The zero-order valence-corrected chi connectivity index (χ0v) is 7.45. The summed E-state index contributed by atoms with van der Waals surface area (Å²) < 4.78 is 0. The quantitative estimate of drug-likeness (QED) is 0.616. The zero-order valence-electron chi connectivity index (χ0n) is 7.45. The number of hydrogen-bond donors (Lipinski definition) is 1. The summed E-state index contributed by atoms with van der Waals surface area (Å²) in [6, 6.07) is 1.04. The number of aliphatic imine (C=N–C) groups is 1. The molecule has 2 rings (SSSR count). The van der Waals surface area contributed by atoms with Crippen molar-refractivity contribution in [1.29, 1.82) is 0 Å². The topological polar surface area (TPSA) is 27.6 Å². The lowest BCUT2D eigenvalue weighted by molar-refractivity contribution is 0.239. The minimum absolute atomic E-state index is 0.454. The van der Waals surface area contributed by atoms with Gasteiger partial charge >= 0.3 is 0 Å². The van der Waals surface area contributed by atoms with Crippen molar-refractivity contribution in [3.05, 3.63) is 12.3 Å². The normalized spacial score (nSPS) is 32.9. The fourth-order valence-corrected chi connectivity index (χ4v) is 1.86. The predicted octanol–water partition coefficient (Wildman–Crippen LogP) is 0.594. The van der Waals surface area contributed by atoms with Crippen molar-refractivity contribution in [2.45, 2.75) is 25.4 Å². The lowest BCUT2D eigenvalue weighted by Crippen LogP contribution is -2.47. The molecular weight excluding hydrogens is 150 g/mol. The third-order valence-electron chi connectivity index (χ3n) is 2.68. The van der Waals surface area contributed by atoms with Gasteiger partial charge in [0.15, 0.2) is 0 Å². The van der Waals surface area contributed by atoms with E-state index in [-0.39, 0.29) is 0 Å². The SMILES string of the molecule is C=C(C)N1CCC2NC=NC2C1. The van der Waals surface area contributed by atoms with Crippen LogP contribution in [0.15, 0.2) is 17.3 Å². The summed E-state index contributed by atoms with van der Waals surface area (Å²) in [4.78, 5) is 6.68. The Morgan fingerprint density at radius 1 is 1.75 bits per heavy atom. The Hall–Kier alpha value is -0.990. The molecule has 0 aromatic rings. The van der Waals surface area contributed by atoms with Gasteiger partial charge in [0.1, 0.15) is 0 Å². The van der Waals surface area contributed by atoms with Crippen molar-refractivity contribution in [3.8, 4) is 0 Å². The van der Waals surface area contributed by atoms with E-state index in [1.165, 1.54) is 6.42 Å². The van der Waals surface area contributed by atoms with E-state index < -0.39 is 0 Å². The van der Waals surface area contributed by atoms with E-state index in [0.29, 0.717) is 12.1 Å².